The van der Waals surface area contributed by atoms with Gasteiger partial charge in [-0.05, 0) is 28.2 Å². The van der Waals surface area contributed by atoms with Crippen molar-refractivity contribution in [3.05, 3.63) is 77.6 Å². The molecule has 172 valence electrons. The summed E-state index contributed by atoms with van der Waals surface area (Å²) in [7, 11) is 1.64. The Morgan fingerprint density at radius 3 is 2.35 bits per heavy atom. The first-order valence-electron chi connectivity index (χ1n) is 10.5. The zero-order chi connectivity index (χ0) is 24.1. The summed E-state index contributed by atoms with van der Waals surface area (Å²) < 4.78 is 6.83. The zero-order valence-corrected chi connectivity index (χ0v) is 18.3. The van der Waals surface area contributed by atoms with Crippen LogP contribution in [0.3, 0.4) is 0 Å². The Hall–Kier alpha value is -4.58. The molecule has 1 aliphatic rings. The van der Waals surface area contributed by atoms with E-state index in [0.717, 1.165) is 22.3 Å². The van der Waals surface area contributed by atoms with Crippen molar-refractivity contribution in [2.45, 2.75) is 12.0 Å². The zero-order valence-electron chi connectivity index (χ0n) is 18.3. The number of amides is 2. The van der Waals surface area contributed by atoms with E-state index in [9.17, 15) is 19.5 Å². The summed E-state index contributed by atoms with van der Waals surface area (Å²) in [5, 5.41) is 18.0. The highest BCUT2D eigenvalue weighted by molar-refractivity contribution is 5.96. The second-order valence-corrected chi connectivity index (χ2v) is 7.67. The third-order valence-electron chi connectivity index (χ3n) is 5.45. The first kappa shape index (κ1) is 22.6. The smallest absolute Gasteiger partial charge is 0.407 e. The molecule has 0 bridgehead atoms. The number of benzene rings is 2. The summed E-state index contributed by atoms with van der Waals surface area (Å²) in [6.45, 7) is 0.0356. The Kier molecular flexibility index (Phi) is 6.59. The quantitative estimate of drug-likeness (QED) is 0.487. The molecular formula is C25H22N4O5. The van der Waals surface area contributed by atoms with Crippen LogP contribution in [0, 0.1) is 11.8 Å². The second-order valence-electron chi connectivity index (χ2n) is 7.67. The van der Waals surface area contributed by atoms with Gasteiger partial charge in [-0.3, -0.25) is 9.48 Å². The van der Waals surface area contributed by atoms with Crippen molar-refractivity contribution >= 4 is 18.0 Å². The van der Waals surface area contributed by atoms with E-state index >= 15 is 0 Å². The van der Waals surface area contributed by atoms with Crippen molar-refractivity contribution in [2.75, 3.05) is 13.2 Å². The Balaban J connectivity index is 1.28. The molecule has 2 amide bonds. The maximum atomic E-state index is 12.1. The van der Waals surface area contributed by atoms with Crippen molar-refractivity contribution in [1.29, 1.82) is 0 Å². The van der Waals surface area contributed by atoms with E-state index in [0.29, 0.717) is 5.56 Å². The fourth-order valence-electron chi connectivity index (χ4n) is 3.93. The number of ether oxygens (including phenoxy) is 1. The molecule has 9 heteroatoms. The Labute approximate surface area is 195 Å². The highest BCUT2D eigenvalue weighted by Gasteiger charge is 2.29. The molecule has 34 heavy (non-hydrogen) atoms. The fourth-order valence-corrected chi connectivity index (χ4v) is 3.93. The van der Waals surface area contributed by atoms with Crippen molar-refractivity contribution in [3.8, 4) is 23.0 Å². The molecule has 1 atom stereocenters. The molecule has 3 aromatic rings. The molecule has 1 unspecified atom stereocenters. The number of aryl methyl sites for hydroxylation is 1. The molecule has 4 rings (SSSR count). The predicted octanol–water partition coefficient (Wildman–Crippen LogP) is 2.20. The number of hydrogen-bond acceptors (Lipinski definition) is 5. The van der Waals surface area contributed by atoms with Crippen LogP contribution < -0.4 is 10.6 Å². The number of nitrogens with one attached hydrogen (secondary N) is 2. The normalized spacial score (nSPS) is 12.5. The summed E-state index contributed by atoms with van der Waals surface area (Å²) in [6, 6.07) is 14.8. The van der Waals surface area contributed by atoms with Crippen molar-refractivity contribution < 1.29 is 24.2 Å². The van der Waals surface area contributed by atoms with Crippen molar-refractivity contribution in [2.24, 2.45) is 7.05 Å². The lowest BCUT2D eigenvalue weighted by molar-refractivity contribution is -0.141. The van der Waals surface area contributed by atoms with Gasteiger partial charge in [0.15, 0.2) is 6.04 Å². The maximum absolute atomic E-state index is 12.1. The van der Waals surface area contributed by atoms with Crippen LogP contribution in [0.2, 0.25) is 0 Å². The van der Waals surface area contributed by atoms with Crippen LogP contribution in [-0.2, 0) is 21.4 Å². The molecule has 0 fully saturated rings. The number of carbonyl (C=O) groups is 3. The van der Waals surface area contributed by atoms with E-state index in [4.69, 9.17) is 4.74 Å². The number of aliphatic carboxylic acids is 1. The number of carboxylic acid groups (broad SMARTS) is 1. The minimum absolute atomic E-state index is 0.0598. The van der Waals surface area contributed by atoms with E-state index in [1.54, 1.807) is 7.05 Å². The topological polar surface area (TPSA) is 123 Å². The van der Waals surface area contributed by atoms with Gasteiger partial charge in [0.1, 0.15) is 6.61 Å². The second kappa shape index (κ2) is 9.92. The number of fused-ring (bicyclic) bond motifs is 3. The van der Waals surface area contributed by atoms with Crippen molar-refractivity contribution in [1.82, 2.24) is 20.4 Å². The van der Waals surface area contributed by atoms with Crippen molar-refractivity contribution in [3.63, 3.8) is 0 Å². The van der Waals surface area contributed by atoms with E-state index in [-0.39, 0.29) is 19.1 Å². The van der Waals surface area contributed by atoms with E-state index in [1.807, 2.05) is 36.4 Å². The van der Waals surface area contributed by atoms with E-state index in [2.05, 4.69) is 39.7 Å². The lowest BCUT2D eigenvalue weighted by atomic mass is 9.98. The van der Waals surface area contributed by atoms with Gasteiger partial charge in [0.05, 0.1) is 12.7 Å². The summed E-state index contributed by atoms with van der Waals surface area (Å²) in [5.74, 6) is 2.67. The first-order chi connectivity index (χ1) is 16.4. The fraction of sp³-hybridized carbons (Fsp3) is 0.200. The molecule has 0 aliphatic heterocycles. The number of aromatic nitrogens is 2. The van der Waals surface area contributed by atoms with Gasteiger partial charge in [-0.1, -0.05) is 54.5 Å². The number of hydrogen-bond donors (Lipinski definition) is 3. The number of alkyl carbamates (subject to hydrolysis) is 1. The number of carboxylic acids is 1. The molecule has 3 N–H and O–H groups in total. The van der Waals surface area contributed by atoms with Gasteiger partial charge >= 0.3 is 12.1 Å². The van der Waals surface area contributed by atoms with Gasteiger partial charge in [0, 0.05) is 24.7 Å². The van der Waals surface area contributed by atoms with Gasteiger partial charge in [0.25, 0.3) is 5.91 Å². The van der Waals surface area contributed by atoms with Crippen LogP contribution in [0.25, 0.3) is 11.1 Å². The minimum Gasteiger partial charge on any atom is -0.479 e. The van der Waals surface area contributed by atoms with Crippen LogP contribution >= 0.6 is 0 Å². The monoisotopic (exact) mass is 458 g/mol. The van der Waals surface area contributed by atoms with Crippen LogP contribution in [-0.4, -0.2) is 46.0 Å². The maximum Gasteiger partial charge on any atom is 0.407 e. The molecule has 0 saturated heterocycles. The highest BCUT2D eigenvalue weighted by Crippen LogP contribution is 2.44. The summed E-state index contributed by atoms with van der Waals surface area (Å²) in [6.07, 6.45) is 2.19. The largest absolute Gasteiger partial charge is 0.479 e. The lowest BCUT2D eigenvalue weighted by Crippen LogP contribution is -2.33. The van der Waals surface area contributed by atoms with Crippen LogP contribution in [0.4, 0.5) is 4.79 Å². The van der Waals surface area contributed by atoms with E-state index < -0.39 is 24.0 Å². The third-order valence-corrected chi connectivity index (χ3v) is 5.45. The van der Waals surface area contributed by atoms with E-state index in [1.165, 1.54) is 17.1 Å². The SMILES string of the molecule is Cn1cc(C(NC(=O)C#CCNC(=O)OCC2c3ccccc3-c3ccccc32)C(=O)O)cn1. The summed E-state index contributed by atoms with van der Waals surface area (Å²) in [5.41, 5.74) is 4.80. The molecule has 9 nitrogen and oxygen atoms in total. The Morgan fingerprint density at radius 2 is 1.76 bits per heavy atom. The average Bonchev–Trinajstić information content (AvgIpc) is 3.40. The minimum atomic E-state index is -1.27. The third kappa shape index (κ3) is 4.91. The molecular weight excluding hydrogens is 436 g/mol. The van der Waals surface area contributed by atoms with Gasteiger partial charge in [-0.25, -0.2) is 9.59 Å². The molecule has 1 aromatic heterocycles. The average molecular weight is 458 g/mol. The number of rotatable bonds is 6. The van der Waals surface area contributed by atoms with Gasteiger partial charge < -0.3 is 20.5 Å². The summed E-state index contributed by atoms with van der Waals surface area (Å²) in [4.78, 5) is 35.6. The van der Waals surface area contributed by atoms with Crippen LogP contribution in [0.1, 0.15) is 28.7 Å². The predicted molar refractivity (Wildman–Crippen MR) is 123 cm³/mol. The molecule has 1 heterocycles. The molecule has 0 radical (unpaired) electrons. The lowest BCUT2D eigenvalue weighted by Gasteiger charge is -2.14. The highest BCUT2D eigenvalue weighted by atomic mass is 16.5. The molecule has 2 aromatic carbocycles. The molecule has 1 aliphatic carbocycles. The first-order valence-corrected chi connectivity index (χ1v) is 10.5. The summed E-state index contributed by atoms with van der Waals surface area (Å²) >= 11 is 0. The van der Waals surface area contributed by atoms with Gasteiger partial charge in [-0.15, -0.1) is 0 Å². The Bertz CT molecular complexity index is 1260. The van der Waals surface area contributed by atoms with Crippen LogP contribution in [0.5, 0.6) is 0 Å². The van der Waals surface area contributed by atoms with Gasteiger partial charge in [-0.2, -0.15) is 5.10 Å². The number of nitrogens with zero attached hydrogens (tertiary/aromatic N) is 2. The van der Waals surface area contributed by atoms with Crippen LogP contribution in [0.15, 0.2) is 60.9 Å². The Morgan fingerprint density at radius 1 is 1.12 bits per heavy atom. The molecule has 0 saturated carbocycles. The standard InChI is InChI=1S/C25H22N4O5/c1-29-14-16(13-27-29)23(24(31)32)28-22(30)11-6-12-26-25(33)34-15-21-19-9-4-2-7-17(19)18-8-3-5-10-20(18)21/h2-5,7-10,13-14,21,23H,12,15H2,1H3,(H,26,33)(H,28,30)(H,31,32). The van der Waals surface area contributed by atoms with Gasteiger partial charge in [0.2, 0.25) is 0 Å². The molecule has 0 spiro atoms. The number of carbonyl (C=O) groups excluding carboxylic acids is 2.